The van der Waals surface area contributed by atoms with Gasteiger partial charge in [0, 0.05) is 26.2 Å². The number of rotatable bonds is 5. The van der Waals surface area contributed by atoms with Gasteiger partial charge in [-0.3, -0.25) is 14.5 Å². The highest BCUT2D eigenvalue weighted by Gasteiger charge is 2.27. The number of para-hydroxylation sites is 1. The summed E-state index contributed by atoms with van der Waals surface area (Å²) in [6, 6.07) is 11.5. The molecular formula is C21H24N4O3S. The van der Waals surface area contributed by atoms with Gasteiger partial charge in [-0.25, -0.2) is 4.98 Å². The van der Waals surface area contributed by atoms with Gasteiger partial charge in [0.25, 0.3) is 5.91 Å². The third kappa shape index (κ3) is 4.18. The van der Waals surface area contributed by atoms with Gasteiger partial charge in [-0.2, -0.15) is 0 Å². The van der Waals surface area contributed by atoms with Gasteiger partial charge in [-0.05, 0) is 38.2 Å². The third-order valence-electron chi connectivity index (χ3n) is 5.37. The number of furan rings is 1. The van der Waals surface area contributed by atoms with Gasteiger partial charge in [0.2, 0.25) is 5.91 Å². The number of hydrogen-bond donors (Lipinski definition) is 0. The zero-order valence-electron chi connectivity index (χ0n) is 16.6. The van der Waals surface area contributed by atoms with Crippen molar-refractivity contribution in [2.45, 2.75) is 13.0 Å². The summed E-state index contributed by atoms with van der Waals surface area (Å²) in [4.78, 5) is 35.4. The largest absolute Gasteiger partial charge is 0.459 e. The number of nitrogens with zero attached hydrogens (tertiary/aromatic N) is 4. The zero-order chi connectivity index (χ0) is 20.4. The van der Waals surface area contributed by atoms with Crippen molar-refractivity contribution in [3.63, 3.8) is 0 Å². The van der Waals surface area contributed by atoms with Crippen LogP contribution in [0.15, 0.2) is 47.1 Å². The normalized spacial score (nSPS) is 15.8. The Morgan fingerprint density at radius 3 is 2.55 bits per heavy atom. The fourth-order valence-electron chi connectivity index (χ4n) is 3.42. The highest BCUT2D eigenvalue weighted by molar-refractivity contribution is 7.18. The number of benzene rings is 1. The lowest BCUT2D eigenvalue weighted by Crippen LogP contribution is -2.52. The first-order chi connectivity index (χ1) is 14.0. The summed E-state index contributed by atoms with van der Waals surface area (Å²) in [5.41, 5.74) is 0.997. The molecule has 152 valence electrons. The monoisotopic (exact) mass is 412 g/mol. The maximum absolute atomic E-state index is 12.8. The first-order valence-corrected chi connectivity index (χ1v) is 10.5. The van der Waals surface area contributed by atoms with E-state index in [1.807, 2.05) is 35.0 Å². The van der Waals surface area contributed by atoms with Crippen LogP contribution in [0.3, 0.4) is 0 Å². The average molecular weight is 413 g/mol. The number of fused-ring (bicyclic) bond motifs is 1. The molecule has 1 saturated heterocycles. The van der Waals surface area contributed by atoms with Crippen molar-refractivity contribution in [2.24, 2.45) is 0 Å². The van der Waals surface area contributed by atoms with E-state index in [9.17, 15) is 9.59 Å². The lowest BCUT2D eigenvalue weighted by molar-refractivity contribution is -0.134. The van der Waals surface area contributed by atoms with Crippen LogP contribution in [0.2, 0.25) is 0 Å². The van der Waals surface area contributed by atoms with E-state index in [0.717, 1.165) is 15.2 Å². The van der Waals surface area contributed by atoms with Gasteiger partial charge < -0.3 is 14.2 Å². The summed E-state index contributed by atoms with van der Waals surface area (Å²) in [6.07, 6.45) is 1.50. The fourth-order valence-corrected chi connectivity index (χ4v) is 4.51. The second-order valence-electron chi connectivity index (χ2n) is 7.26. The molecule has 0 radical (unpaired) electrons. The SMILES string of the molecule is C[C@@H](c1nc2ccccc2s1)N(C)CC(=O)N1CCN(C(=O)c2ccco2)CC1. The molecule has 0 saturated carbocycles. The minimum atomic E-state index is -0.122. The summed E-state index contributed by atoms with van der Waals surface area (Å²) in [7, 11) is 1.95. The number of aromatic nitrogens is 1. The molecule has 1 aliphatic heterocycles. The van der Waals surface area contributed by atoms with Crippen molar-refractivity contribution in [3.8, 4) is 0 Å². The topological polar surface area (TPSA) is 69.9 Å². The van der Waals surface area contributed by atoms with Crippen molar-refractivity contribution in [3.05, 3.63) is 53.4 Å². The molecule has 2 amide bonds. The van der Waals surface area contributed by atoms with E-state index in [2.05, 4.69) is 13.0 Å². The minimum Gasteiger partial charge on any atom is -0.459 e. The van der Waals surface area contributed by atoms with Gasteiger partial charge in [0.15, 0.2) is 5.76 Å². The molecule has 4 rings (SSSR count). The number of hydrogen-bond acceptors (Lipinski definition) is 6. The lowest BCUT2D eigenvalue weighted by atomic mass is 10.2. The molecule has 29 heavy (non-hydrogen) atoms. The number of carbonyl (C=O) groups excluding carboxylic acids is 2. The van der Waals surface area contributed by atoms with E-state index < -0.39 is 0 Å². The predicted molar refractivity (Wildman–Crippen MR) is 112 cm³/mol. The standard InChI is InChI=1S/C21H24N4O3S/c1-15(20-22-16-6-3-4-8-18(16)29-20)23(2)14-19(26)24-9-11-25(12-10-24)21(27)17-7-5-13-28-17/h3-8,13,15H,9-12,14H2,1-2H3/t15-/m0/s1. The third-order valence-corrected chi connectivity index (χ3v) is 6.57. The molecule has 1 fully saturated rings. The smallest absolute Gasteiger partial charge is 0.289 e. The summed E-state index contributed by atoms with van der Waals surface area (Å²) < 4.78 is 6.34. The molecule has 1 aliphatic rings. The van der Waals surface area contributed by atoms with Crippen molar-refractivity contribution < 1.29 is 14.0 Å². The number of carbonyl (C=O) groups is 2. The van der Waals surface area contributed by atoms with Crippen LogP contribution in [-0.4, -0.2) is 71.3 Å². The Morgan fingerprint density at radius 1 is 1.14 bits per heavy atom. The quantitative estimate of drug-likeness (QED) is 0.645. The Balaban J connectivity index is 1.31. The minimum absolute atomic E-state index is 0.0539. The zero-order valence-corrected chi connectivity index (χ0v) is 17.4. The first kappa shape index (κ1) is 19.6. The molecule has 0 N–H and O–H groups in total. The first-order valence-electron chi connectivity index (χ1n) is 9.69. The Kier molecular flexibility index (Phi) is 5.64. The van der Waals surface area contributed by atoms with Gasteiger partial charge in [-0.1, -0.05) is 12.1 Å². The average Bonchev–Trinajstić information content (AvgIpc) is 3.42. The summed E-state index contributed by atoms with van der Waals surface area (Å²) in [5.74, 6) is 0.295. The lowest BCUT2D eigenvalue weighted by Gasteiger charge is -2.35. The van der Waals surface area contributed by atoms with Crippen LogP contribution in [0.5, 0.6) is 0 Å². The Morgan fingerprint density at radius 2 is 1.86 bits per heavy atom. The Hall–Kier alpha value is -2.71. The van der Waals surface area contributed by atoms with Crippen molar-refractivity contribution in [1.82, 2.24) is 19.7 Å². The molecule has 3 heterocycles. The molecule has 1 aromatic carbocycles. The summed E-state index contributed by atoms with van der Waals surface area (Å²) in [6.45, 7) is 4.50. The fraction of sp³-hybridized carbons (Fsp3) is 0.381. The highest BCUT2D eigenvalue weighted by Crippen LogP contribution is 2.28. The number of piperazine rings is 1. The number of amides is 2. The Labute approximate surface area is 173 Å². The summed E-state index contributed by atoms with van der Waals surface area (Å²) >= 11 is 1.67. The Bertz CT molecular complexity index is 959. The molecule has 8 heteroatoms. The van der Waals surface area contributed by atoms with Crippen LogP contribution in [0.25, 0.3) is 10.2 Å². The van der Waals surface area contributed by atoms with Crippen LogP contribution >= 0.6 is 11.3 Å². The molecule has 1 atom stereocenters. The van der Waals surface area contributed by atoms with Crippen LogP contribution in [0.1, 0.15) is 28.5 Å². The van der Waals surface area contributed by atoms with Gasteiger partial charge in [0.1, 0.15) is 5.01 Å². The maximum Gasteiger partial charge on any atom is 0.289 e. The van der Waals surface area contributed by atoms with Gasteiger partial charge >= 0.3 is 0 Å². The van der Waals surface area contributed by atoms with Crippen LogP contribution in [0, 0.1) is 0 Å². The van der Waals surface area contributed by atoms with Crippen LogP contribution in [0.4, 0.5) is 0 Å². The molecule has 0 spiro atoms. The van der Waals surface area contributed by atoms with Crippen LogP contribution < -0.4 is 0 Å². The molecule has 3 aromatic rings. The molecule has 0 unspecified atom stereocenters. The van der Waals surface area contributed by atoms with Gasteiger partial charge in [-0.15, -0.1) is 11.3 Å². The summed E-state index contributed by atoms with van der Waals surface area (Å²) in [5, 5.41) is 1.01. The van der Waals surface area contributed by atoms with E-state index in [4.69, 9.17) is 9.40 Å². The van der Waals surface area contributed by atoms with Crippen molar-refractivity contribution >= 4 is 33.4 Å². The van der Waals surface area contributed by atoms with E-state index in [0.29, 0.717) is 38.5 Å². The van der Waals surface area contributed by atoms with Crippen molar-refractivity contribution in [1.29, 1.82) is 0 Å². The van der Waals surface area contributed by atoms with Crippen molar-refractivity contribution in [2.75, 3.05) is 39.8 Å². The maximum atomic E-state index is 12.8. The van der Waals surface area contributed by atoms with E-state index in [-0.39, 0.29) is 17.9 Å². The molecule has 2 aromatic heterocycles. The molecule has 7 nitrogen and oxygen atoms in total. The molecular weight excluding hydrogens is 388 g/mol. The highest BCUT2D eigenvalue weighted by atomic mass is 32.1. The van der Waals surface area contributed by atoms with Crippen LogP contribution in [-0.2, 0) is 4.79 Å². The van der Waals surface area contributed by atoms with E-state index in [1.165, 1.54) is 6.26 Å². The second-order valence-corrected chi connectivity index (χ2v) is 8.32. The van der Waals surface area contributed by atoms with E-state index in [1.54, 1.807) is 28.4 Å². The second kappa shape index (κ2) is 8.34. The molecule has 0 bridgehead atoms. The predicted octanol–water partition coefficient (Wildman–Crippen LogP) is 2.87. The number of thiazole rings is 1. The number of likely N-dealkylation sites (N-methyl/N-ethyl adjacent to an activating group) is 1. The molecule has 0 aliphatic carbocycles. The van der Waals surface area contributed by atoms with Gasteiger partial charge in [0.05, 0.1) is 29.1 Å². The van der Waals surface area contributed by atoms with E-state index >= 15 is 0 Å².